The number of para-hydroxylation sites is 1. The lowest BCUT2D eigenvalue weighted by Crippen LogP contribution is -2.24. The fraction of sp³-hybridized carbons (Fsp3) is 0.357. The Morgan fingerprint density at radius 2 is 1.96 bits per heavy atom. The fourth-order valence-electron chi connectivity index (χ4n) is 1.71. The van der Waals surface area contributed by atoms with Gasteiger partial charge in [-0.15, -0.1) is 10.2 Å². The molecule has 0 aliphatic carbocycles. The third kappa shape index (κ3) is 5.12. The van der Waals surface area contributed by atoms with Crippen LogP contribution in [0.5, 0.6) is 0 Å². The normalized spacial score (nSPS) is 12.9. The van der Waals surface area contributed by atoms with Gasteiger partial charge < -0.3 is 5.32 Å². The molecule has 0 unspecified atom stereocenters. The largest absolute Gasteiger partial charge is 0.418 e. The van der Waals surface area contributed by atoms with Crippen molar-refractivity contribution in [3.8, 4) is 0 Å². The number of anilines is 1. The molecule has 0 radical (unpaired) electrons. The number of alkyl halides is 3. The van der Waals surface area contributed by atoms with Crippen molar-refractivity contribution >= 4 is 46.5 Å². The monoisotopic (exact) mass is 393 g/mol. The van der Waals surface area contributed by atoms with E-state index in [1.54, 1.807) is 18.7 Å². The molecule has 0 saturated carbocycles. The van der Waals surface area contributed by atoms with Crippen LogP contribution in [0, 0.1) is 0 Å². The van der Waals surface area contributed by atoms with Crippen molar-refractivity contribution in [1.82, 2.24) is 10.2 Å². The first-order valence-corrected chi connectivity index (χ1v) is 9.59. The van der Waals surface area contributed by atoms with Crippen LogP contribution in [-0.2, 0) is 11.0 Å². The molecule has 0 aliphatic heterocycles. The smallest absolute Gasteiger partial charge is 0.325 e. The van der Waals surface area contributed by atoms with Gasteiger partial charge in [-0.25, -0.2) is 0 Å². The Kier molecular flexibility index (Phi) is 6.53. The second-order valence-corrected chi connectivity index (χ2v) is 8.64. The third-order valence-electron chi connectivity index (χ3n) is 2.79. The Balaban J connectivity index is 2.04. The van der Waals surface area contributed by atoms with E-state index in [9.17, 15) is 18.0 Å². The zero-order valence-corrected chi connectivity index (χ0v) is 15.2. The van der Waals surface area contributed by atoms with Crippen LogP contribution in [0.2, 0.25) is 0 Å². The number of carbonyl (C=O) groups excluding carboxylic acids is 1. The molecule has 0 saturated heterocycles. The highest BCUT2D eigenvalue weighted by Gasteiger charge is 2.34. The second kappa shape index (κ2) is 8.21. The number of amides is 1. The van der Waals surface area contributed by atoms with Crippen molar-refractivity contribution in [3.05, 3.63) is 29.8 Å². The second-order valence-electron chi connectivity index (χ2n) is 4.56. The van der Waals surface area contributed by atoms with E-state index in [1.807, 2.05) is 6.92 Å². The summed E-state index contributed by atoms with van der Waals surface area (Å²) in [6, 6.07) is 4.90. The molecule has 1 aromatic heterocycles. The number of nitrogens with one attached hydrogen (secondary N) is 1. The van der Waals surface area contributed by atoms with Gasteiger partial charge in [-0.2, -0.15) is 13.2 Å². The van der Waals surface area contributed by atoms with Gasteiger partial charge >= 0.3 is 6.18 Å². The molecule has 2 aromatic rings. The summed E-state index contributed by atoms with van der Waals surface area (Å²) in [5.74, 6) is 0.348. The molecule has 0 spiro atoms. The molecule has 2 rings (SSSR count). The van der Waals surface area contributed by atoms with Crippen LogP contribution in [-0.4, -0.2) is 27.1 Å². The van der Waals surface area contributed by atoms with Gasteiger partial charge in [0, 0.05) is 0 Å². The molecule has 130 valence electrons. The molecular formula is C14H14F3N3OS3. The van der Waals surface area contributed by atoms with Crippen molar-refractivity contribution in [2.45, 2.75) is 34.0 Å². The predicted octanol–water partition coefficient (Wildman–Crippen LogP) is 4.79. The highest BCUT2D eigenvalue weighted by Crippen LogP contribution is 2.35. The summed E-state index contributed by atoms with van der Waals surface area (Å²) in [4.78, 5) is 12.2. The summed E-state index contributed by atoms with van der Waals surface area (Å²) in [6.07, 6.45) is -4.52. The number of hydrogen-bond acceptors (Lipinski definition) is 6. The number of nitrogens with zero attached hydrogens (tertiary/aromatic N) is 2. The van der Waals surface area contributed by atoms with Crippen LogP contribution in [0.15, 0.2) is 32.9 Å². The molecule has 1 amide bonds. The number of halogens is 3. The van der Waals surface area contributed by atoms with Crippen LogP contribution < -0.4 is 5.32 Å². The Hall–Kier alpha value is -1.26. The summed E-state index contributed by atoms with van der Waals surface area (Å²) in [6.45, 7) is 3.61. The SMILES string of the molecule is CCSc1nnc(S[C@@H](C)C(=O)Nc2ccccc2C(F)(F)F)s1. The Morgan fingerprint density at radius 1 is 1.29 bits per heavy atom. The van der Waals surface area contributed by atoms with E-state index in [1.165, 1.54) is 41.3 Å². The van der Waals surface area contributed by atoms with E-state index in [-0.39, 0.29) is 5.69 Å². The quantitative estimate of drug-likeness (QED) is 0.715. The van der Waals surface area contributed by atoms with Crippen molar-refractivity contribution in [2.75, 3.05) is 11.1 Å². The van der Waals surface area contributed by atoms with E-state index < -0.39 is 22.9 Å². The zero-order chi connectivity index (χ0) is 17.7. The van der Waals surface area contributed by atoms with E-state index in [0.29, 0.717) is 4.34 Å². The molecule has 10 heteroatoms. The van der Waals surface area contributed by atoms with Gasteiger partial charge in [0.1, 0.15) is 0 Å². The predicted molar refractivity (Wildman–Crippen MR) is 91.7 cm³/mol. The minimum absolute atomic E-state index is 0.248. The molecule has 1 aromatic carbocycles. The van der Waals surface area contributed by atoms with Crippen molar-refractivity contribution < 1.29 is 18.0 Å². The lowest BCUT2D eigenvalue weighted by molar-refractivity contribution is -0.137. The molecule has 0 bridgehead atoms. The van der Waals surface area contributed by atoms with Crippen molar-refractivity contribution in [2.24, 2.45) is 0 Å². The van der Waals surface area contributed by atoms with Crippen LogP contribution in [0.25, 0.3) is 0 Å². The van der Waals surface area contributed by atoms with Gasteiger partial charge in [0.05, 0.1) is 16.5 Å². The average molecular weight is 393 g/mol. The van der Waals surface area contributed by atoms with Gasteiger partial charge in [0.25, 0.3) is 0 Å². The molecule has 1 heterocycles. The minimum atomic E-state index is -4.52. The lowest BCUT2D eigenvalue weighted by atomic mass is 10.1. The number of benzene rings is 1. The summed E-state index contributed by atoms with van der Waals surface area (Å²) in [5, 5.41) is 9.69. The molecule has 0 aliphatic rings. The van der Waals surface area contributed by atoms with Crippen LogP contribution in [0.1, 0.15) is 19.4 Å². The van der Waals surface area contributed by atoms with Gasteiger partial charge in [-0.1, -0.05) is 53.9 Å². The Morgan fingerprint density at radius 3 is 2.62 bits per heavy atom. The molecular weight excluding hydrogens is 379 g/mol. The topological polar surface area (TPSA) is 54.9 Å². The highest BCUT2D eigenvalue weighted by atomic mass is 32.2. The maximum absolute atomic E-state index is 12.9. The molecule has 24 heavy (non-hydrogen) atoms. The minimum Gasteiger partial charge on any atom is -0.325 e. The third-order valence-corrected chi connectivity index (χ3v) is 5.92. The van der Waals surface area contributed by atoms with Crippen LogP contribution >= 0.6 is 34.9 Å². The highest BCUT2D eigenvalue weighted by molar-refractivity contribution is 8.03. The Bertz CT molecular complexity index is 706. The van der Waals surface area contributed by atoms with Crippen molar-refractivity contribution in [3.63, 3.8) is 0 Å². The fourth-order valence-corrected chi connectivity index (χ4v) is 4.77. The number of thioether (sulfide) groups is 2. The van der Waals surface area contributed by atoms with Gasteiger partial charge in [-0.3, -0.25) is 4.79 Å². The zero-order valence-electron chi connectivity index (χ0n) is 12.8. The number of carbonyl (C=O) groups is 1. The van der Waals surface area contributed by atoms with Crippen LogP contribution in [0.3, 0.4) is 0 Å². The van der Waals surface area contributed by atoms with Crippen molar-refractivity contribution in [1.29, 1.82) is 0 Å². The van der Waals surface area contributed by atoms with Gasteiger partial charge in [-0.05, 0) is 24.8 Å². The van der Waals surface area contributed by atoms with E-state index in [2.05, 4.69) is 15.5 Å². The summed E-state index contributed by atoms with van der Waals surface area (Å²) >= 11 is 4.07. The number of hydrogen-bond donors (Lipinski definition) is 1. The maximum atomic E-state index is 12.9. The lowest BCUT2D eigenvalue weighted by Gasteiger charge is -2.15. The van der Waals surface area contributed by atoms with E-state index in [0.717, 1.165) is 16.2 Å². The summed E-state index contributed by atoms with van der Waals surface area (Å²) in [7, 11) is 0. The first kappa shape index (κ1) is 19.1. The van der Waals surface area contributed by atoms with Crippen LogP contribution in [0.4, 0.5) is 18.9 Å². The molecule has 4 nitrogen and oxygen atoms in total. The maximum Gasteiger partial charge on any atom is 0.418 e. The van der Waals surface area contributed by atoms with E-state index >= 15 is 0 Å². The summed E-state index contributed by atoms with van der Waals surface area (Å²) in [5.41, 5.74) is -1.12. The molecule has 1 atom stereocenters. The van der Waals surface area contributed by atoms with Gasteiger partial charge in [0.15, 0.2) is 8.68 Å². The average Bonchev–Trinajstić information content (AvgIpc) is 2.94. The number of rotatable bonds is 6. The molecule has 1 N–H and O–H groups in total. The van der Waals surface area contributed by atoms with E-state index in [4.69, 9.17) is 0 Å². The number of aromatic nitrogens is 2. The first-order valence-electron chi connectivity index (χ1n) is 6.91. The summed E-state index contributed by atoms with van der Waals surface area (Å²) < 4.78 is 40.2. The first-order chi connectivity index (χ1) is 11.3. The van der Waals surface area contributed by atoms with Gasteiger partial charge in [0.2, 0.25) is 5.91 Å². The Labute approximate surface area is 149 Å². The standard InChI is InChI=1S/C14H14F3N3OS3/c1-3-22-12-19-20-13(24-12)23-8(2)11(21)18-10-7-5-4-6-9(10)14(15,16)17/h4-8H,3H2,1-2H3,(H,18,21)/t8-/m0/s1. The molecule has 0 fully saturated rings.